The molecule has 0 N–H and O–H groups in total. The number of hydrazone groups is 1. The van der Waals surface area contributed by atoms with Gasteiger partial charge >= 0.3 is 0 Å². The predicted molar refractivity (Wildman–Crippen MR) is 107 cm³/mol. The summed E-state index contributed by atoms with van der Waals surface area (Å²) in [5, 5.41) is 5.79. The fraction of sp³-hybridized carbons (Fsp3) is 0.0476. The molecule has 128 valence electrons. The fourth-order valence-electron chi connectivity index (χ4n) is 2.77. The SMILES string of the molecule is CC1=NN(c2ccccc2)C(=O)C1=Cc1ccc(-c2ccc(Br)cc2)o1. The van der Waals surface area contributed by atoms with Crippen molar-refractivity contribution >= 4 is 39.3 Å². The van der Waals surface area contributed by atoms with Gasteiger partial charge in [-0.15, -0.1) is 0 Å². The summed E-state index contributed by atoms with van der Waals surface area (Å²) < 4.78 is 6.91. The largest absolute Gasteiger partial charge is 0.457 e. The van der Waals surface area contributed by atoms with Crippen LogP contribution in [-0.2, 0) is 4.79 Å². The molecule has 1 amide bonds. The van der Waals surface area contributed by atoms with Crippen LogP contribution in [0.25, 0.3) is 17.4 Å². The van der Waals surface area contributed by atoms with Gasteiger partial charge in [-0.05, 0) is 49.4 Å². The summed E-state index contributed by atoms with van der Waals surface area (Å²) in [5.74, 6) is 1.22. The van der Waals surface area contributed by atoms with Crippen LogP contribution in [0.3, 0.4) is 0 Å². The van der Waals surface area contributed by atoms with Crippen LogP contribution < -0.4 is 5.01 Å². The van der Waals surface area contributed by atoms with Crippen LogP contribution in [0.5, 0.6) is 0 Å². The average molecular weight is 407 g/mol. The first-order chi connectivity index (χ1) is 12.6. The quantitative estimate of drug-likeness (QED) is 0.537. The number of hydrogen-bond donors (Lipinski definition) is 0. The Kier molecular flexibility index (Phi) is 4.31. The van der Waals surface area contributed by atoms with Gasteiger partial charge in [0.2, 0.25) is 0 Å². The summed E-state index contributed by atoms with van der Waals surface area (Å²) in [6, 6.07) is 21.0. The Morgan fingerprint density at radius 2 is 1.73 bits per heavy atom. The van der Waals surface area contributed by atoms with Crippen LogP contribution in [-0.4, -0.2) is 11.6 Å². The summed E-state index contributed by atoms with van der Waals surface area (Å²) in [4.78, 5) is 12.7. The van der Waals surface area contributed by atoms with Crippen molar-refractivity contribution in [1.82, 2.24) is 0 Å². The Labute approximate surface area is 159 Å². The molecule has 0 aliphatic carbocycles. The minimum absolute atomic E-state index is 0.157. The van der Waals surface area contributed by atoms with E-state index in [1.807, 2.05) is 73.7 Å². The standard InChI is InChI=1S/C21H15BrN2O2/c1-14-19(21(25)24(23-14)17-5-3-2-4-6-17)13-18-11-12-20(26-18)15-7-9-16(22)10-8-15/h2-13H,1H3. The maximum absolute atomic E-state index is 12.7. The van der Waals surface area contributed by atoms with E-state index < -0.39 is 0 Å². The predicted octanol–water partition coefficient (Wildman–Crippen LogP) is 5.52. The maximum atomic E-state index is 12.7. The minimum atomic E-state index is -0.157. The topological polar surface area (TPSA) is 45.8 Å². The van der Waals surface area contributed by atoms with E-state index in [0.717, 1.165) is 21.5 Å². The van der Waals surface area contributed by atoms with E-state index in [1.54, 1.807) is 6.08 Å². The zero-order chi connectivity index (χ0) is 18.1. The van der Waals surface area contributed by atoms with Gasteiger partial charge in [-0.3, -0.25) is 4.79 Å². The molecular formula is C21H15BrN2O2. The van der Waals surface area contributed by atoms with E-state index in [0.29, 0.717) is 17.0 Å². The van der Waals surface area contributed by atoms with Gasteiger partial charge in [0.25, 0.3) is 5.91 Å². The number of benzene rings is 2. The summed E-state index contributed by atoms with van der Waals surface area (Å²) >= 11 is 3.42. The molecule has 0 saturated carbocycles. The minimum Gasteiger partial charge on any atom is -0.457 e. The number of anilines is 1. The molecule has 1 aromatic heterocycles. The molecule has 3 aromatic rings. The number of carbonyl (C=O) groups excluding carboxylic acids is 1. The lowest BCUT2D eigenvalue weighted by Crippen LogP contribution is -2.21. The first-order valence-corrected chi connectivity index (χ1v) is 8.94. The van der Waals surface area contributed by atoms with E-state index in [4.69, 9.17) is 4.42 Å². The molecule has 0 radical (unpaired) electrons. The Morgan fingerprint density at radius 1 is 1.00 bits per heavy atom. The smallest absolute Gasteiger partial charge is 0.280 e. The third-order valence-corrected chi connectivity index (χ3v) is 4.63. The molecule has 0 unspecified atom stereocenters. The number of furan rings is 1. The highest BCUT2D eigenvalue weighted by atomic mass is 79.9. The van der Waals surface area contributed by atoms with E-state index in [2.05, 4.69) is 21.0 Å². The molecule has 1 aliphatic heterocycles. The van der Waals surface area contributed by atoms with Crippen molar-refractivity contribution in [3.8, 4) is 11.3 Å². The van der Waals surface area contributed by atoms with E-state index in [-0.39, 0.29) is 5.91 Å². The van der Waals surface area contributed by atoms with Gasteiger partial charge in [0.05, 0.1) is 17.0 Å². The normalized spacial score (nSPS) is 15.6. The van der Waals surface area contributed by atoms with Crippen molar-refractivity contribution in [3.05, 3.63) is 82.5 Å². The summed E-state index contributed by atoms with van der Waals surface area (Å²) in [6.45, 7) is 1.82. The summed E-state index contributed by atoms with van der Waals surface area (Å²) in [7, 11) is 0. The van der Waals surface area contributed by atoms with Crippen LogP contribution in [0.1, 0.15) is 12.7 Å². The lowest BCUT2D eigenvalue weighted by Gasteiger charge is -2.10. The van der Waals surface area contributed by atoms with Gasteiger partial charge in [-0.1, -0.05) is 46.3 Å². The molecule has 0 spiro atoms. The molecule has 4 nitrogen and oxygen atoms in total. The third kappa shape index (κ3) is 3.13. The molecule has 26 heavy (non-hydrogen) atoms. The van der Waals surface area contributed by atoms with Crippen LogP contribution in [0.15, 0.2) is 86.3 Å². The van der Waals surface area contributed by atoms with Crippen molar-refractivity contribution in [3.63, 3.8) is 0 Å². The Balaban J connectivity index is 1.62. The Hall–Kier alpha value is -2.92. The number of carbonyl (C=O) groups is 1. The van der Waals surface area contributed by atoms with Crippen molar-refractivity contribution in [2.75, 3.05) is 5.01 Å². The summed E-state index contributed by atoms with van der Waals surface area (Å²) in [6.07, 6.45) is 1.74. The van der Waals surface area contributed by atoms with Gasteiger partial charge in [-0.2, -0.15) is 10.1 Å². The lowest BCUT2D eigenvalue weighted by molar-refractivity contribution is -0.114. The second kappa shape index (κ2) is 6.77. The molecular weight excluding hydrogens is 392 g/mol. The van der Waals surface area contributed by atoms with E-state index in [1.165, 1.54) is 5.01 Å². The number of nitrogens with zero attached hydrogens (tertiary/aromatic N) is 2. The molecule has 2 aromatic carbocycles. The van der Waals surface area contributed by atoms with Crippen LogP contribution in [0, 0.1) is 0 Å². The molecule has 0 fully saturated rings. The molecule has 0 bridgehead atoms. The van der Waals surface area contributed by atoms with Crippen molar-refractivity contribution in [2.45, 2.75) is 6.92 Å². The Morgan fingerprint density at radius 3 is 2.46 bits per heavy atom. The third-order valence-electron chi connectivity index (χ3n) is 4.11. The van der Waals surface area contributed by atoms with Gasteiger partial charge in [-0.25, -0.2) is 0 Å². The van der Waals surface area contributed by atoms with Gasteiger partial charge < -0.3 is 4.42 Å². The average Bonchev–Trinajstić information content (AvgIpc) is 3.23. The molecule has 2 heterocycles. The molecule has 0 atom stereocenters. The highest BCUT2D eigenvalue weighted by molar-refractivity contribution is 9.10. The molecule has 4 rings (SSSR count). The number of hydrogen-bond acceptors (Lipinski definition) is 3. The van der Waals surface area contributed by atoms with Crippen molar-refractivity contribution in [1.29, 1.82) is 0 Å². The Bertz CT molecular complexity index is 1020. The zero-order valence-electron chi connectivity index (χ0n) is 14.0. The lowest BCUT2D eigenvalue weighted by atomic mass is 10.1. The number of rotatable bonds is 3. The number of halogens is 1. The summed E-state index contributed by atoms with van der Waals surface area (Å²) in [5.41, 5.74) is 2.92. The highest BCUT2D eigenvalue weighted by Crippen LogP contribution is 2.28. The number of para-hydroxylation sites is 1. The van der Waals surface area contributed by atoms with Crippen LogP contribution >= 0.6 is 15.9 Å². The molecule has 1 aliphatic rings. The first-order valence-electron chi connectivity index (χ1n) is 8.14. The molecule has 0 saturated heterocycles. The van der Waals surface area contributed by atoms with Crippen LogP contribution in [0.4, 0.5) is 5.69 Å². The van der Waals surface area contributed by atoms with Crippen molar-refractivity contribution in [2.24, 2.45) is 5.10 Å². The fourth-order valence-corrected chi connectivity index (χ4v) is 3.03. The zero-order valence-corrected chi connectivity index (χ0v) is 15.6. The van der Waals surface area contributed by atoms with E-state index in [9.17, 15) is 4.79 Å². The number of amides is 1. The van der Waals surface area contributed by atoms with Crippen LogP contribution in [0.2, 0.25) is 0 Å². The molecule has 5 heteroatoms. The first kappa shape index (κ1) is 16.5. The van der Waals surface area contributed by atoms with Gasteiger partial charge in [0, 0.05) is 10.0 Å². The second-order valence-corrected chi connectivity index (χ2v) is 6.82. The van der Waals surface area contributed by atoms with E-state index >= 15 is 0 Å². The van der Waals surface area contributed by atoms with Gasteiger partial charge in [0.1, 0.15) is 11.5 Å². The maximum Gasteiger partial charge on any atom is 0.280 e. The van der Waals surface area contributed by atoms with Gasteiger partial charge in [0.15, 0.2) is 0 Å². The van der Waals surface area contributed by atoms with Crippen molar-refractivity contribution < 1.29 is 9.21 Å². The monoisotopic (exact) mass is 406 g/mol. The highest BCUT2D eigenvalue weighted by Gasteiger charge is 2.28. The second-order valence-electron chi connectivity index (χ2n) is 5.90.